The van der Waals surface area contributed by atoms with E-state index in [0.29, 0.717) is 0 Å². The first kappa shape index (κ1) is 14.3. The van der Waals surface area contributed by atoms with Gasteiger partial charge < -0.3 is 10.2 Å². The molecule has 1 N–H and O–H groups in total. The van der Waals surface area contributed by atoms with Crippen LogP contribution in [0.25, 0.3) is 0 Å². The lowest BCUT2D eigenvalue weighted by molar-refractivity contribution is 0.373. The number of hydrogen-bond acceptors (Lipinski definition) is 4. The highest BCUT2D eigenvalue weighted by Crippen LogP contribution is 2.21. The lowest BCUT2D eigenvalue weighted by Crippen LogP contribution is -2.38. The maximum absolute atomic E-state index is 4.51. The summed E-state index contributed by atoms with van der Waals surface area (Å²) in [4.78, 5) is 11.0. The van der Waals surface area contributed by atoms with Crippen LogP contribution in [0.2, 0.25) is 0 Å². The minimum absolute atomic E-state index is 0.740. The average molecular weight is 262 g/mol. The molecule has 0 amide bonds. The van der Waals surface area contributed by atoms with Crippen LogP contribution in [0.15, 0.2) is 12.3 Å². The minimum atomic E-state index is 0.740. The molecule has 19 heavy (non-hydrogen) atoms. The zero-order chi connectivity index (χ0) is 13.7. The maximum atomic E-state index is 4.51. The first-order valence-electron chi connectivity index (χ1n) is 7.40. The number of nitrogens with one attached hydrogen (secondary N) is 1. The Labute approximate surface area is 116 Å². The number of nitrogens with zero attached hydrogens (tertiary/aromatic N) is 3. The van der Waals surface area contributed by atoms with Gasteiger partial charge in [-0.05, 0) is 50.8 Å². The molecule has 0 aliphatic carbocycles. The van der Waals surface area contributed by atoms with Crippen LogP contribution in [0.5, 0.6) is 0 Å². The Morgan fingerprint density at radius 3 is 2.74 bits per heavy atom. The molecule has 1 fully saturated rings. The predicted octanol–water partition coefficient (Wildman–Crippen LogP) is 2.25. The highest BCUT2D eigenvalue weighted by atomic mass is 15.2. The Hall–Kier alpha value is -1.16. The summed E-state index contributed by atoms with van der Waals surface area (Å²) in [6.45, 7) is 11.0. The summed E-state index contributed by atoms with van der Waals surface area (Å²) < 4.78 is 0. The summed E-state index contributed by atoms with van der Waals surface area (Å²) in [5, 5.41) is 3.57. The molecule has 2 rings (SSSR count). The maximum Gasteiger partial charge on any atom is 0.132 e. The normalized spacial score (nSPS) is 17.2. The summed E-state index contributed by atoms with van der Waals surface area (Å²) in [7, 11) is 0. The fraction of sp³-hybridized carbons (Fsp3) is 0.733. The van der Waals surface area contributed by atoms with Crippen LogP contribution in [-0.2, 0) is 0 Å². The zero-order valence-corrected chi connectivity index (χ0v) is 12.4. The van der Waals surface area contributed by atoms with Crippen molar-refractivity contribution in [1.29, 1.82) is 0 Å². The Morgan fingerprint density at radius 1 is 1.37 bits per heavy atom. The van der Waals surface area contributed by atoms with Gasteiger partial charge in [-0.15, -0.1) is 0 Å². The molecule has 0 bridgehead atoms. The van der Waals surface area contributed by atoms with Crippen molar-refractivity contribution in [3.8, 4) is 0 Å². The van der Waals surface area contributed by atoms with Crippen molar-refractivity contribution in [1.82, 2.24) is 15.3 Å². The van der Waals surface area contributed by atoms with Gasteiger partial charge in [0.1, 0.15) is 11.6 Å². The molecule has 0 saturated carbocycles. The topological polar surface area (TPSA) is 41.1 Å². The number of aromatic nitrogens is 2. The summed E-state index contributed by atoms with van der Waals surface area (Å²) in [5.41, 5.74) is 0. The van der Waals surface area contributed by atoms with E-state index in [1.165, 1.54) is 12.8 Å². The molecule has 2 heterocycles. The summed E-state index contributed by atoms with van der Waals surface area (Å²) >= 11 is 0. The molecule has 0 radical (unpaired) electrons. The van der Waals surface area contributed by atoms with E-state index in [2.05, 4.69) is 34.0 Å². The molecule has 106 valence electrons. The van der Waals surface area contributed by atoms with Gasteiger partial charge in [-0.3, -0.25) is 0 Å². The Morgan fingerprint density at radius 2 is 2.11 bits per heavy atom. The number of piperidine rings is 1. The van der Waals surface area contributed by atoms with Gasteiger partial charge in [0, 0.05) is 19.3 Å². The fourth-order valence-electron chi connectivity index (χ4n) is 2.56. The van der Waals surface area contributed by atoms with Crippen LogP contribution in [-0.4, -0.2) is 36.1 Å². The first-order valence-corrected chi connectivity index (χ1v) is 7.40. The van der Waals surface area contributed by atoms with Crippen molar-refractivity contribution in [2.45, 2.75) is 33.6 Å². The van der Waals surface area contributed by atoms with E-state index < -0.39 is 0 Å². The van der Waals surface area contributed by atoms with Crippen molar-refractivity contribution in [2.24, 2.45) is 11.8 Å². The molecule has 1 saturated heterocycles. The Bertz CT molecular complexity index is 383. The Balaban J connectivity index is 1.76. The molecule has 4 heteroatoms. The smallest absolute Gasteiger partial charge is 0.132 e. The fourth-order valence-corrected chi connectivity index (χ4v) is 2.56. The van der Waals surface area contributed by atoms with Crippen molar-refractivity contribution in [2.75, 3.05) is 31.1 Å². The molecule has 0 unspecified atom stereocenters. The number of aryl methyl sites for hydroxylation is 1. The average Bonchev–Trinajstić information content (AvgIpc) is 2.39. The van der Waals surface area contributed by atoms with E-state index in [0.717, 1.165) is 49.7 Å². The molecule has 1 aliphatic heterocycles. The van der Waals surface area contributed by atoms with E-state index in [1.807, 2.05) is 19.2 Å². The van der Waals surface area contributed by atoms with Crippen molar-refractivity contribution < 1.29 is 0 Å². The molecule has 1 aromatic heterocycles. The molecule has 1 aromatic rings. The van der Waals surface area contributed by atoms with Gasteiger partial charge in [0.15, 0.2) is 0 Å². The molecular weight excluding hydrogens is 236 g/mol. The molecule has 0 spiro atoms. The van der Waals surface area contributed by atoms with Crippen LogP contribution >= 0.6 is 0 Å². The van der Waals surface area contributed by atoms with Crippen molar-refractivity contribution in [3.05, 3.63) is 18.1 Å². The van der Waals surface area contributed by atoms with E-state index in [-0.39, 0.29) is 0 Å². The van der Waals surface area contributed by atoms with E-state index in [9.17, 15) is 0 Å². The van der Waals surface area contributed by atoms with Crippen LogP contribution in [0.3, 0.4) is 0 Å². The monoisotopic (exact) mass is 262 g/mol. The molecular formula is C15H26N4. The summed E-state index contributed by atoms with van der Waals surface area (Å²) in [5.74, 6) is 3.50. The van der Waals surface area contributed by atoms with Crippen LogP contribution in [0, 0.1) is 18.8 Å². The van der Waals surface area contributed by atoms with Gasteiger partial charge in [-0.25, -0.2) is 9.97 Å². The van der Waals surface area contributed by atoms with E-state index in [1.54, 1.807) is 0 Å². The minimum Gasteiger partial charge on any atom is -0.356 e. The second-order valence-corrected chi connectivity index (χ2v) is 5.94. The summed E-state index contributed by atoms with van der Waals surface area (Å²) in [6.07, 6.45) is 4.37. The van der Waals surface area contributed by atoms with E-state index >= 15 is 0 Å². The van der Waals surface area contributed by atoms with Gasteiger partial charge in [0.05, 0.1) is 0 Å². The number of hydrogen-bond donors (Lipinski definition) is 1. The van der Waals surface area contributed by atoms with E-state index in [4.69, 9.17) is 0 Å². The number of anilines is 1. The number of rotatable bonds is 5. The largest absolute Gasteiger partial charge is 0.356 e. The standard InChI is InChI=1S/C15H26N4/c1-12(2)10-16-11-14-5-8-19(9-6-14)15-4-7-17-13(3)18-15/h4,7,12,14,16H,5-6,8-11H2,1-3H3. The lowest BCUT2D eigenvalue weighted by atomic mass is 9.96. The van der Waals surface area contributed by atoms with Crippen LogP contribution < -0.4 is 10.2 Å². The summed E-state index contributed by atoms with van der Waals surface area (Å²) in [6, 6.07) is 2.02. The zero-order valence-electron chi connectivity index (χ0n) is 12.4. The molecule has 1 aliphatic rings. The highest BCUT2D eigenvalue weighted by molar-refractivity contribution is 5.37. The molecule has 4 nitrogen and oxygen atoms in total. The second-order valence-electron chi connectivity index (χ2n) is 5.94. The predicted molar refractivity (Wildman–Crippen MR) is 79.4 cm³/mol. The van der Waals surface area contributed by atoms with Gasteiger partial charge >= 0.3 is 0 Å². The lowest BCUT2D eigenvalue weighted by Gasteiger charge is -2.33. The van der Waals surface area contributed by atoms with Gasteiger partial charge in [0.2, 0.25) is 0 Å². The quantitative estimate of drug-likeness (QED) is 0.883. The Kier molecular flexibility index (Phi) is 5.14. The molecule has 0 aromatic carbocycles. The van der Waals surface area contributed by atoms with Gasteiger partial charge in [-0.1, -0.05) is 13.8 Å². The second kappa shape index (κ2) is 6.85. The third kappa shape index (κ3) is 4.46. The third-order valence-electron chi connectivity index (χ3n) is 3.69. The van der Waals surface area contributed by atoms with Crippen LogP contribution in [0.1, 0.15) is 32.5 Å². The van der Waals surface area contributed by atoms with Crippen LogP contribution in [0.4, 0.5) is 5.82 Å². The third-order valence-corrected chi connectivity index (χ3v) is 3.69. The first-order chi connectivity index (χ1) is 9.15. The van der Waals surface area contributed by atoms with Crippen molar-refractivity contribution in [3.63, 3.8) is 0 Å². The van der Waals surface area contributed by atoms with Crippen molar-refractivity contribution >= 4 is 5.82 Å². The highest BCUT2D eigenvalue weighted by Gasteiger charge is 2.19. The SMILES string of the molecule is Cc1nccc(N2CCC(CNCC(C)C)CC2)n1. The molecule has 0 atom stereocenters. The van der Waals surface area contributed by atoms with Gasteiger partial charge in [0.25, 0.3) is 0 Å². The van der Waals surface area contributed by atoms with Gasteiger partial charge in [-0.2, -0.15) is 0 Å².